The van der Waals surface area contributed by atoms with Crippen molar-refractivity contribution in [3.63, 3.8) is 0 Å². The zero-order valence-corrected chi connectivity index (χ0v) is 6.24. The molecule has 0 saturated carbocycles. The fourth-order valence-electron chi connectivity index (χ4n) is 0.544. The minimum atomic E-state index is -1.06. The van der Waals surface area contributed by atoms with Gasteiger partial charge in [0.05, 0.1) is 0 Å². The van der Waals surface area contributed by atoms with Gasteiger partial charge in [-0.1, -0.05) is 0 Å². The molecule has 0 rings (SSSR count). The van der Waals surface area contributed by atoms with E-state index in [1.54, 1.807) is 14.1 Å². The number of hydrogen-bond acceptors (Lipinski definition) is 3. The highest BCUT2D eigenvalue weighted by Crippen LogP contribution is 1.93. The predicted octanol–water partition coefficient (Wildman–Crippen LogP) is -1.18. The van der Waals surface area contributed by atoms with Crippen molar-refractivity contribution in [2.45, 2.75) is 12.5 Å². The fraction of sp³-hybridized carbons (Fsp3) is 0.833. The molecule has 2 N–H and O–H groups in total. The van der Waals surface area contributed by atoms with Crippen molar-refractivity contribution in [1.82, 2.24) is 4.90 Å². The molecule has 4 nitrogen and oxygen atoms in total. The lowest BCUT2D eigenvalue weighted by atomic mass is 10.2. The minimum Gasteiger partial charge on any atom is -0.396 e. The van der Waals surface area contributed by atoms with E-state index in [-0.39, 0.29) is 18.9 Å². The van der Waals surface area contributed by atoms with Crippen LogP contribution in [0.4, 0.5) is 0 Å². The highest BCUT2D eigenvalue weighted by atomic mass is 16.3. The first kappa shape index (κ1) is 9.39. The van der Waals surface area contributed by atoms with Gasteiger partial charge in [0, 0.05) is 27.1 Å². The second kappa shape index (κ2) is 4.24. The molecule has 0 fully saturated rings. The van der Waals surface area contributed by atoms with Crippen LogP contribution >= 0.6 is 0 Å². The lowest BCUT2D eigenvalue weighted by Crippen LogP contribution is -2.33. The number of hydrogen-bond donors (Lipinski definition) is 2. The third kappa shape index (κ3) is 2.80. The highest BCUT2D eigenvalue weighted by Gasteiger charge is 2.15. The minimum absolute atomic E-state index is 0.108. The first-order chi connectivity index (χ1) is 4.59. The fourth-order valence-corrected chi connectivity index (χ4v) is 0.544. The Labute approximate surface area is 60.1 Å². The smallest absolute Gasteiger partial charge is 0.250 e. The Kier molecular flexibility index (Phi) is 3.99. The lowest BCUT2D eigenvalue weighted by Gasteiger charge is -2.14. The molecule has 60 valence electrons. The van der Waals surface area contributed by atoms with Crippen LogP contribution in [0.3, 0.4) is 0 Å². The standard InChI is InChI=1S/C6H13NO3/c1-7(2)6(10)5(9)3-4-8/h5,8-9H,3-4H2,1-2H3/t5-/m1/s1. The molecule has 0 aromatic carbocycles. The number of likely N-dealkylation sites (N-methyl/N-ethyl adjacent to an activating group) is 1. The van der Waals surface area contributed by atoms with E-state index in [1.165, 1.54) is 4.90 Å². The quantitative estimate of drug-likeness (QED) is 0.528. The molecule has 0 aliphatic heterocycles. The number of aliphatic hydroxyl groups is 2. The van der Waals surface area contributed by atoms with Gasteiger partial charge in [-0.2, -0.15) is 0 Å². The van der Waals surface area contributed by atoms with Crippen molar-refractivity contribution in [2.24, 2.45) is 0 Å². The van der Waals surface area contributed by atoms with E-state index in [0.29, 0.717) is 0 Å². The summed E-state index contributed by atoms with van der Waals surface area (Å²) < 4.78 is 0. The summed E-state index contributed by atoms with van der Waals surface area (Å²) in [6.07, 6.45) is -0.947. The largest absolute Gasteiger partial charge is 0.396 e. The topological polar surface area (TPSA) is 60.8 Å². The molecule has 1 amide bonds. The van der Waals surface area contributed by atoms with Crippen LogP contribution in [0.1, 0.15) is 6.42 Å². The molecule has 0 radical (unpaired) electrons. The molecular weight excluding hydrogens is 134 g/mol. The zero-order chi connectivity index (χ0) is 8.15. The third-order valence-corrected chi connectivity index (χ3v) is 1.13. The molecule has 10 heavy (non-hydrogen) atoms. The van der Waals surface area contributed by atoms with Crippen molar-refractivity contribution < 1.29 is 15.0 Å². The van der Waals surface area contributed by atoms with Crippen LogP contribution in [0, 0.1) is 0 Å². The Hall–Kier alpha value is -0.610. The third-order valence-electron chi connectivity index (χ3n) is 1.13. The summed E-state index contributed by atoms with van der Waals surface area (Å²) in [4.78, 5) is 12.1. The Morgan fingerprint density at radius 3 is 2.40 bits per heavy atom. The normalized spacial score (nSPS) is 12.8. The SMILES string of the molecule is CN(C)C(=O)[C@H](O)CCO. The molecule has 0 aliphatic carbocycles. The summed E-state index contributed by atoms with van der Waals surface area (Å²) in [7, 11) is 3.12. The molecule has 4 heteroatoms. The summed E-state index contributed by atoms with van der Waals surface area (Å²) in [5, 5.41) is 17.3. The van der Waals surface area contributed by atoms with Crippen LogP contribution in [0.15, 0.2) is 0 Å². The second-order valence-corrected chi connectivity index (χ2v) is 2.26. The van der Waals surface area contributed by atoms with Crippen LogP contribution in [0.25, 0.3) is 0 Å². The van der Waals surface area contributed by atoms with Gasteiger partial charge in [-0.15, -0.1) is 0 Å². The van der Waals surface area contributed by atoms with Gasteiger partial charge in [-0.3, -0.25) is 4.79 Å². The number of carbonyl (C=O) groups is 1. The van der Waals surface area contributed by atoms with Crippen molar-refractivity contribution >= 4 is 5.91 Å². The first-order valence-corrected chi connectivity index (χ1v) is 3.09. The van der Waals surface area contributed by atoms with E-state index < -0.39 is 6.10 Å². The van der Waals surface area contributed by atoms with Gasteiger partial charge in [-0.05, 0) is 0 Å². The molecule has 0 bridgehead atoms. The average Bonchev–Trinajstić information content (AvgIpc) is 1.87. The van der Waals surface area contributed by atoms with Gasteiger partial charge in [0.25, 0.3) is 5.91 Å². The molecule has 0 heterocycles. The second-order valence-electron chi connectivity index (χ2n) is 2.26. The van der Waals surface area contributed by atoms with E-state index in [2.05, 4.69) is 0 Å². The van der Waals surface area contributed by atoms with E-state index >= 15 is 0 Å². The molecule has 0 spiro atoms. The molecule has 0 aliphatic rings. The van der Waals surface area contributed by atoms with Gasteiger partial charge in [0.1, 0.15) is 6.10 Å². The Morgan fingerprint density at radius 2 is 2.10 bits per heavy atom. The van der Waals surface area contributed by atoms with Gasteiger partial charge < -0.3 is 15.1 Å². The Balaban J connectivity index is 3.71. The number of amides is 1. The summed E-state index contributed by atoms with van der Waals surface area (Å²) >= 11 is 0. The summed E-state index contributed by atoms with van der Waals surface area (Å²) in [6, 6.07) is 0. The number of carbonyl (C=O) groups excluding carboxylic acids is 1. The maximum absolute atomic E-state index is 10.8. The lowest BCUT2D eigenvalue weighted by molar-refractivity contribution is -0.138. The molecule has 0 aromatic heterocycles. The first-order valence-electron chi connectivity index (χ1n) is 3.09. The van der Waals surface area contributed by atoms with E-state index in [9.17, 15) is 4.79 Å². The monoisotopic (exact) mass is 147 g/mol. The molecule has 1 atom stereocenters. The molecule has 0 unspecified atom stereocenters. The number of rotatable bonds is 3. The van der Waals surface area contributed by atoms with Crippen molar-refractivity contribution in [3.05, 3.63) is 0 Å². The van der Waals surface area contributed by atoms with Gasteiger partial charge >= 0.3 is 0 Å². The Morgan fingerprint density at radius 1 is 1.60 bits per heavy atom. The molecular formula is C6H13NO3. The van der Waals surface area contributed by atoms with Crippen molar-refractivity contribution in [1.29, 1.82) is 0 Å². The highest BCUT2D eigenvalue weighted by molar-refractivity contribution is 5.79. The van der Waals surface area contributed by atoms with Crippen LogP contribution in [-0.4, -0.2) is 47.8 Å². The van der Waals surface area contributed by atoms with E-state index in [1.807, 2.05) is 0 Å². The van der Waals surface area contributed by atoms with Crippen LogP contribution in [0.5, 0.6) is 0 Å². The summed E-state index contributed by atoms with van der Waals surface area (Å²) in [5.74, 6) is -0.367. The van der Waals surface area contributed by atoms with E-state index in [0.717, 1.165) is 0 Å². The average molecular weight is 147 g/mol. The van der Waals surface area contributed by atoms with Crippen molar-refractivity contribution in [2.75, 3.05) is 20.7 Å². The van der Waals surface area contributed by atoms with E-state index in [4.69, 9.17) is 10.2 Å². The number of aliphatic hydroxyl groups excluding tert-OH is 2. The van der Waals surface area contributed by atoms with Crippen LogP contribution in [-0.2, 0) is 4.79 Å². The van der Waals surface area contributed by atoms with Gasteiger partial charge in [0.15, 0.2) is 0 Å². The van der Waals surface area contributed by atoms with Gasteiger partial charge in [-0.25, -0.2) is 0 Å². The van der Waals surface area contributed by atoms with Gasteiger partial charge in [0.2, 0.25) is 0 Å². The van der Waals surface area contributed by atoms with Crippen LogP contribution < -0.4 is 0 Å². The predicted molar refractivity (Wildman–Crippen MR) is 36.4 cm³/mol. The number of nitrogens with zero attached hydrogens (tertiary/aromatic N) is 1. The molecule has 0 saturated heterocycles. The molecule has 0 aromatic rings. The summed E-state index contributed by atoms with van der Waals surface area (Å²) in [6.45, 7) is -0.166. The van der Waals surface area contributed by atoms with Crippen LogP contribution in [0.2, 0.25) is 0 Å². The Bertz CT molecular complexity index is 114. The zero-order valence-electron chi connectivity index (χ0n) is 6.24. The maximum Gasteiger partial charge on any atom is 0.250 e. The van der Waals surface area contributed by atoms with Crippen molar-refractivity contribution in [3.8, 4) is 0 Å². The maximum atomic E-state index is 10.8. The summed E-state index contributed by atoms with van der Waals surface area (Å²) in [5.41, 5.74) is 0.